The normalized spacial score (nSPS) is 10.3. The maximum atomic E-state index is 13.0. The van der Waals surface area contributed by atoms with Gasteiger partial charge in [0.2, 0.25) is 5.91 Å². The van der Waals surface area contributed by atoms with Crippen LogP contribution in [0.15, 0.2) is 65.5 Å². The Balaban J connectivity index is 1.86. The van der Waals surface area contributed by atoms with Crippen molar-refractivity contribution in [3.8, 4) is 22.8 Å². The first-order chi connectivity index (χ1) is 15.5. The van der Waals surface area contributed by atoms with Crippen molar-refractivity contribution in [1.82, 2.24) is 10.3 Å². The van der Waals surface area contributed by atoms with E-state index in [1.807, 2.05) is 30.3 Å². The van der Waals surface area contributed by atoms with Gasteiger partial charge < -0.3 is 20.1 Å². The minimum absolute atomic E-state index is 0.111. The summed E-state index contributed by atoms with van der Waals surface area (Å²) in [6, 6.07) is 14.5. The molecular weight excluding hydrogens is 446 g/mol. The second kappa shape index (κ2) is 11.4. The molecule has 0 unspecified atom stereocenters. The number of carbonyl (C=O) groups excluding carboxylic acids is 2. The lowest BCUT2D eigenvalue weighted by atomic mass is 10.1. The minimum atomic E-state index is -0.316. The van der Waals surface area contributed by atoms with Crippen LogP contribution < -0.4 is 20.1 Å². The van der Waals surface area contributed by atoms with E-state index in [1.165, 1.54) is 37.3 Å². The number of carbonyl (C=O) groups is 2. The van der Waals surface area contributed by atoms with Crippen molar-refractivity contribution in [2.75, 3.05) is 31.8 Å². The van der Waals surface area contributed by atoms with E-state index in [4.69, 9.17) is 9.47 Å². The Morgan fingerprint density at radius 2 is 1.81 bits per heavy atom. The summed E-state index contributed by atoms with van der Waals surface area (Å²) in [4.78, 5) is 29.6. The third-order valence-electron chi connectivity index (χ3n) is 4.27. The van der Waals surface area contributed by atoms with E-state index in [2.05, 4.69) is 22.2 Å². The van der Waals surface area contributed by atoms with Crippen molar-refractivity contribution in [2.45, 2.75) is 4.34 Å². The van der Waals surface area contributed by atoms with Crippen LogP contribution in [-0.4, -0.2) is 43.3 Å². The van der Waals surface area contributed by atoms with Gasteiger partial charge in [-0.15, -0.1) is 6.58 Å². The van der Waals surface area contributed by atoms with Crippen LogP contribution >= 0.6 is 23.1 Å². The molecule has 0 fully saturated rings. The zero-order valence-electron chi connectivity index (χ0n) is 17.7. The van der Waals surface area contributed by atoms with E-state index < -0.39 is 0 Å². The molecule has 0 saturated carbocycles. The second-order valence-corrected chi connectivity index (χ2v) is 8.68. The lowest BCUT2D eigenvalue weighted by Crippen LogP contribution is -2.24. The number of ether oxygens (including phenoxy) is 2. The number of hydrogen-bond donors (Lipinski definition) is 2. The predicted molar refractivity (Wildman–Crippen MR) is 129 cm³/mol. The Hall–Kier alpha value is -3.30. The zero-order chi connectivity index (χ0) is 22.9. The molecule has 7 nitrogen and oxygen atoms in total. The first-order valence-electron chi connectivity index (χ1n) is 9.65. The highest BCUT2D eigenvalue weighted by Crippen LogP contribution is 2.38. The highest BCUT2D eigenvalue weighted by molar-refractivity contribution is 8.01. The maximum Gasteiger partial charge on any atom is 0.256 e. The van der Waals surface area contributed by atoms with Crippen LogP contribution in [0.1, 0.15) is 10.4 Å². The molecule has 1 aromatic heterocycles. The van der Waals surface area contributed by atoms with E-state index in [-0.39, 0.29) is 17.6 Å². The van der Waals surface area contributed by atoms with E-state index in [0.717, 1.165) is 5.56 Å². The van der Waals surface area contributed by atoms with Crippen LogP contribution in [-0.2, 0) is 4.79 Å². The number of thioether (sulfide) groups is 1. The SMILES string of the molecule is C=CCNC(=O)CSc1nc(-c2ccccc2)c(NC(=O)c2cc(OC)cc(OC)c2)s1. The molecule has 0 radical (unpaired) electrons. The van der Waals surface area contributed by atoms with Crippen LogP contribution in [0.5, 0.6) is 11.5 Å². The molecule has 32 heavy (non-hydrogen) atoms. The summed E-state index contributed by atoms with van der Waals surface area (Å²) in [5, 5.41) is 6.28. The molecule has 9 heteroatoms. The summed E-state index contributed by atoms with van der Waals surface area (Å²) >= 11 is 2.63. The minimum Gasteiger partial charge on any atom is -0.497 e. The summed E-state index contributed by atoms with van der Waals surface area (Å²) in [6.45, 7) is 4.00. The lowest BCUT2D eigenvalue weighted by Gasteiger charge is -2.09. The van der Waals surface area contributed by atoms with E-state index in [9.17, 15) is 9.59 Å². The molecule has 3 rings (SSSR count). The number of benzene rings is 2. The molecular formula is C23H23N3O4S2. The third kappa shape index (κ3) is 6.12. The molecule has 1 heterocycles. The van der Waals surface area contributed by atoms with Gasteiger partial charge in [0.1, 0.15) is 22.2 Å². The van der Waals surface area contributed by atoms with Gasteiger partial charge in [-0.2, -0.15) is 0 Å². The van der Waals surface area contributed by atoms with Crippen molar-refractivity contribution in [2.24, 2.45) is 0 Å². The number of anilines is 1. The van der Waals surface area contributed by atoms with Crippen molar-refractivity contribution in [1.29, 1.82) is 0 Å². The zero-order valence-corrected chi connectivity index (χ0v) is 19.3. The summed E-state index contributed by atoms with van der Waals surface area (Å²) in [6.07, 6.45) is 1.63. The third-order valence-corrected chi connectivity index (χ3v) is 6.38. The second-order valence-electron chi connectivity index (χ2n) is 6.46. The Morgan fingerprint density at radius 1 is 1.12 bits per heavy atom. The number of nitrogens with zero attached hydrogens (tertiary/aromatic N) is 1. The van der Waals surface area contributed by atoms with Gasteiger partial charge in [-0.25, -0.2) is 4.98 Å². The first kappa shape index (κ1) is 23.4. The van der Waals surface area contributed by atoms with Gasteiger partial charge in [0, 0.05) is 23.7 Å². The average molecular weight is 470 g/mol. The fourth-order valence-corrected chi connectivity index (χ4v) is 4.61. The van der Waals surface area contributed by atoms with Crippen molar-refractivity contribution in [3.05, 3.63) is 66.7 Å². The number of methoxy groups -OCH3 is 2. The standard InChI is InChI=1S/C23H23N3O4S2/c1-4-10-24-19(27)14-31-23-25-20(15-8-6-5-7-9-15)22(32-23)26-21(28)16-11-17(29-2)13-18(12-16)30-3/h4-9,11-13H,1,10,14H2,2-3H3,(H,24,27)(H,26,28). The Bertz CT molecular complexity index is 1080. The Kier molecular flexibility index (Phi) is 8.29. The number of thiazole rings is 1. The summed E-state index contributed by atoms with van der Waals surface area (Å²) in [5.74, 6) is 0.826. The lowest BCUT2D eigenvalue weighted by molar-refractivity contribution is -0.118. The molecule has 0 bridgehead atoms. The van der Waals surface area contributed by atoms with Gasteiger partial charge in [-0.05, 0) is 12.1 Å². The number of rotatable bonds is 10. The molecule has 0 atom stereocenters. The van der Waals surface area contributed by atoms with Crippen LogP contribution in [0, 0.1) is 0 Å². The molecule has 3 aromatic rings. The molecule has 0 spiro atoms. The number of amides is 2. The summed E-state index contributed by atoms with van der Waals surface area (Å²) < 4.78 is 11.2. The van der Waals surface area contributed by atoms with Crippen molar-refractivity contribution < 1.29 is 19.1 Å². The molecule has 0 saturated heterocycles. The number of aromatic nitrogens is 1. The Morgan fingerprint density at radius 3 is 2.44 bits per heavy atom. The molecule has 2 amide bonds. The number of hydrogen-bond acceptors (Lipinski definition) is 7. The highest BCUT2D eigenvalue weighted by atomic mass is 32.2. The topological polar surface area (TPSA) is 89.6 Å². The average Bonchev–Trinajstić information content (AvgIpc) is 3.24. The molecule has 0 aliphatic carbocycles. The highest BCUT2D eigenvalue weighted by Gasteiger charge is 2.18. The largest absolute Gasteiger partial charge is 0.497 e. The van der Waals surface area contributed by atoms with Gasteiger partial charge >= 0.3 is 0 Å². The predicted octanol–water partition coefficient (Wildman–Crippen LogP) is 4.47. The summed E-state index contributed by atoms with van der Waals surface area (Å²) in [5.41, 5.74) is 1.91. The van der Waals surface area contributed by atoms with E-state index >= 15 is 0 Å². The molecule has 0 aliphatic rings. The van der Waals surface area contributed by atoms with E-state index in [0.29, 0.717) is 38.6 Å². The van der Waals surface area contributed by atoms with Crippen LogP contribution in [0.2, 0.25) is 0 Å². The van der Waals surface area contributed by atoms with E-state index in [1.54, 1.807) is 24.3 Å². The Labute approximate surface area is 194 Å². The van der Waals surface area contributed by atoms with Gasteiger partial charge in [-0.1, -0.05) is 59.5 Å². The van der Waals surface area contributed by atoms with Gasteiger partial charge in [0.05, 0.1) is 20.0 Å². The monoisotopic (exact) mass is 469 g/mol. The molecule has 2 N–H and O–H groups in total. The number of nitrogens with one attached hydrogen (secondary N) is 2. The molecule has 0 aliphatic heterocycles. The summed E-state index contributed by atoms with van der Waals surface area (Å²) in [7, 11) is 3.06. The van der Waals surface area contributed by atoms with Gasteiger partial charge in [0.25, 0.3) is 5.91 Å². The van der Waals surface area contributed by atoms with Crippen LogP contribution in [0.25, 0.3) is 11.3 Å². The van der Waals surface area contributed by atoms with Gasteiger partial charge in [0.15, 0.2) is 4.34 Å². The fourth-order valence-electron chi connectivity index (χ4n) is 2.72. The molecule has 2 aromatic carbocycles. The fraction of sp³-hybridized carbons (Fsp3) is 0.174. The van der Waals surface area contributed by atoms with Crippen molar-refractivity contribution in [3.63, 3.8) is 0 Å². The first-order valence-corrected chi connectivity index (χ1v) is 11.4. The van der Waals surface area contributed by atoms with Crippen LogP contribution in [0.3, 0.4) is 0 Å². The quantitative estimate of drug-likeness (QED) is 0.336. The van der Waals surface area contributed by atoms with Crippen LogP contribution in [0.4, 0.5) is 5.00 Å². The van der Waals surface area contributed by atoms with Crippen molar-refractivity contribution >= 4 is 39.9 Å². The molecule has 166 valence electrons. The smallest absolute Gasteiger partial charge is 0.256 e. The van der Waals surface area contributed by atoms with Gasteiger partial charge in [-0.3, -0.25) is 9.59 Å². The maximum absolute atomic E-state index is 13.0.